The molecule has 0 bridgehead atoms. The van der Waals surface area contributed by atoms with E-state index in [2.05, 4.69) is 28.2 Å². The summed E-state index contributed by atoms with van der Waals surface area (Å²) in [4.78, 5) is 12.8. The zero-order chi connectivity index (χ0) is 24.6. The summed E-state index contributed by atoms with van der Waals surface area (Å²) in [7, 11) is -3.94. The number of benzene rings is 3. The van der Waals surface area contributed by atoms with E-state index in [0.717, 1.165) is 32.9 Å². The minimum absolute atomic E-state index is 0.128. The van der Waals surface area contributed by atoms with Crippen LogP contribution in [0.25, 0.3) is 0 Å². The maximum atomic E-state index is 13.4. The number of halogens is 1. The Bertz CT molecular complexity index is 1180. The van der Waals surface area contributed by atoms with Crippen molar-refractivity contribution in [2.24, 2.45) is 0 Å². The van der Waals surface area contributed by atoms with Crippen LogP contribution in [0.2, 0.25) is 0 Å². The molecule has 0 aliphatic carbocycles. The van der Waals surface area contributed by atoms with Gasteiger partial charge in [-0.25, -0.2) is 8.42 Å². The van der Waals surface area contributed by atoms with E-state index >= 15 is 0 Å². The molecule has 3 aromatic carbocycles. The second-order valence-corrected chi connectivity index (χ2v) is 10.7. The Balaban J connectivity index is 1.64. The van der Waals surface area contributed by atoms with Crippen LogP contribution < -0.4 is 14.4 Å². The molecule has 1 amide bonds. The van der Waals surface area contributed by atoms with Crippen molar-refractivity contribution >= 4 is 37.5 Å². The molecule has 3 rings (SSSR count). The summed E-state index contributed by atoms with van der Waals surface area (Å²) in [6.45, 7) is 4.22. The minimum atomic E-state index is -3.94. The van der Waals surface area contributed by atoms with Crippen LogP contribution in [0.4, 0.5) is 5.69 Å². The molecule has 8 heteroatoms. The van der Waals surface area contributed by atoms with Gasteiger partial charge in [-0.3, -0.25) is 9.10 Å². The van der Waals surface area contributed by atoms with Gasteiger partial charge in [0.15, 0.2) is 0 Å². The van der Waals surface area contributed by atoms with Crippen molar-refractivity contribution in [3.8, 4) is 5.75 Å². The zero-order valence-electron chi connectivity index (χ0n) is 19.3. The van der Waals surface area contributed by atoms with Crippen molar-refractivity contribution in [1.82, 2.24) is 5.32 Å². The normalized spacial score (nSPS) is 11.1. The molecular weight excluding hydrogens is 516 g/mol. The molecule has 6 nitrogen and oxygen atoms in total. The first-order valence-corrected chi connectivity index (χ1v) is 13.4. The smallest absolute Gasteiger partial charge is 0.264 e. The van der Waals surface area contributed by atoms with Crippen LogP contribution in [-0.4, -0.2) is 34.0 Å². The number of amides is 1. The zero-order valence-corrected chi connectivity index (χ0v) is 21.7. The lowest BCUT2D eigenvalue weighted by molar-refractivity contribution is -0.119. The average Bonchev–Trinajstić information content (AvgIpc) is 2.82. The van der Waals surface area contributed by atoms with Crippen LogP contribution in [0.3, 0.4) is 0 Å². The molecule has 0 spiro atoms. The molecule has 0 saturated carbocycles. The Labute approximate surface area is 210 Å². The third kappa shape index (κ3) is 7.08. The fourth-order valence-corrected chi connectivity index (χ4v) is 5.03. The minimum Gasteiger partial charge on any atom is -0.492 e. The van der Waals surface area contributed by atoms with Crippen LogP contribution >= 0.6 is 15.9 Å². The predicted octanol–water partition coefficient (Wildman–Crippen LogP) is 5.10. The van der Waals surface area contributed by atoms with Crippen LogP contribution in [0.15, 0.2) is 82.2 Å². The van der Waals surface area contributed by atoms with Gasteiger partial charge in [0.2, 0.25) is 5.91 Å². The predicted molar refractivity (Wildman–Crippen MR) is 139 cm³/mol. The van der Waals surface area contributed by atoms with E-state index in [-0.39, 0.29) is 24.6 Å². The third-order valence-corrected chi connectivity index (χ3v) is 7.48. The second-order valence-electron chi connectivity index (χ2n) is 7.89. The molecule has 0 aromatic heterocycles. The summed E-state index contributed by atoms with van der Waals surface area (Å²) < 4.78 is 34.3. The summed E-state index contributed by atoms with van der Waals surface area (Å²) in [5.74, 6) is 0.313. The number of sulfonamides is 1. The number of hydrogen-bond acceptors (Lipinski definition) is 4. The molecule has 1 N–H and O–H groups in total. The third-order valence-electron chi connectivity index (χ3n) is 5.17. The number of anilines is 1. The van der Waals surface area contributed by atoms with E-state index in [9.17, 15) is 13.2 Å². The monoisotopic (exact) mass is 544 g/mol. The first-order valence-electron chi connectivity index (χ1n) is 11.1. The highest BCUT2D eigenvalue weighted by atomic mass is 79.9. The van der Waals surface area contributed by atoms with Crippen LogP contribution in [-0.2, 0) is 21.2 Å². The largest absolute Gasteiger partial charge is 0.492 e. The first-order chi connectivity index (χ1) is 16.3. The lowest BCUT2D eigenvalue weighted by Gasteiger charge is -2.24. The summed E-state index contributed by atoms with van der Waals surface area (Å²) in [5.41, 5.74) is 2.61. The van der Waals surface area contributed by atoms with Crippen molar-refractivity contribution in [3.63, 3.8) is 0 Å². The van der Waals surface area contributed by atoms with Gasteiger partial charge in [0.05, 0.1) is 17.1 Å². The maximum absolute atomic E-state index is 13.4. The summed E-state index contributed by atoms with van der Waals surface area (Å²) >= 11 is 3.36. The molecule has 0 fully saturated rings. The maximum Gasteiger partial charge on any atom is 0.264 e. The van der Waals surface area contributed by atoms with Crippen molar-refractivity contribution in [2.75, 3.05) is 24.0 Å². The Morgan fingerprint density at radius 2 is 1.62 bits per heavy atom. The van der Waals surface area contributed by atoms with Gasteiger partial charge < -0.3 is 10.1 Å². The molecule has 0 radical (unpaired) electrons. The summed E-state index contributed by atoms with van der Waals surface area (Å²) in [6, 6.07) is 21.3. The van der Waals surface area contributed by atoms with Gasteiger partial charge in [-0.05, 0) is 67.4 Å². The molecule has 0 aliphatic rings. The number of ether oxygens (including phenoxy) is 1. The van der Waals surface area contributed by atoms with Gasteiger partial charge in [0.25, 0.3) is 10.0 Å². The number of nitrogens with one attached hydrogen (secondary N) is 1. The lowest BCUT2D eigenvalue weighted by Crippen LogP contribution is -2.41. The van der Waals surface area contributed by atoms with Gasteiger partial charge in [0, 0.05) is 4.47 Å². The first kappa shape index (κ1) is 25.8. The highest BCUT2D eigenvalue weighted by Crippen LogP contribution is 2.25. The summed E-state index contributed by atoms with van der Waals surface area (Å²) in [6.07, 6.45) is 2.11. The SMILES string of the molecule is CCCc1ccc(OCCNC(=O)CN(c2ccc(Br)cc2)S(=O)(=O)c2ccc(C)cc2)cc1. The Morgan fingerprint density at radius 3 is 2.24 bits per heavy atom. The number of aryl methyl sites for hydroxylation is 2. The van der Waals surface area contributed by atoms with E-state index in [1.54, 1.807) is 48.5 Å². The molecule has 3 aromatic rings. The molecule has 34 heavy (non-hydrogen) atoms. The molecule has 0 unspecified atom stereocenters. The molecule has 180 valence electrons. The average molecular weight is 545 g/mol. The van der Waals surface area contributed by atoms with Gasteiger partial charge in [-0.2, -0.15) is 0 Å². The molecule has 0 heterocycles. The Morgan fingerprint density at radius 1 is 0.971 bits per heavy atom. The number of nitrogens with zero attached hydrogens (tertiary/aromatic N) is 1. The standard InChI is InChI=1S/C26H29BrN2O4S/c1-3-4-21-7-13-24(14-8-21)33-18-17-28-26(30)19-29(23-11-9-22(27)10-12-23)34(31,32)25-15-5-20(2)6-16-25/h5-16H,3-4,17-19H2,1-2H3,(H,28,30). The van der Waals surface area contributed by atoms with Gasteiger partial charge >= 0.3 is 0 Å². The van der Waals surface area contributed by atoms with Gasteiger partial charge in [0.1, 0.15) is 18.9 Å². The second kappa shape index (κ2) is 12.0. The highest BCUT2D eigenvalue weighted by molar-refractivity contribution is 9.10. The Kier molecular flexibility index (Phi) is 9.12. The number of hydrogen-bond donors (Lipinski definition) is 1. The number of carbonyl (C=O) groups excluding carboxylic acids is 1. The van der Waals surface area contributed by atoms with E-state index in [1.165, 1.54) is 5.56 Å². The van der Waals surface area contributed by atoms with Crippen molar-refractivity contribution < 1.29 is 17.9 Å². The summed E-state index contributed by atoms with van der Waals surface area (Å²) in [5, 5.41) is 2.75. The van der Waals surface area contributed by atoms with Crippen molar-refractivity contribution in [2.45, 2.75) is 31.6 Å². The van der Waals surface area contributed by atoms with Crippen molar-refractivity contribution in [1.29, 1.82) is 0 Å². The molecule has 0 aliphatic heterocycles. The molecular formula is C26H29BrN2O4S. The van der Waals surface area contributed by atoms with Crippen molar-refractivity contribution in [3.05, 3.63) is 88.4 Å². The van der Waals surface area contributed by atoms with E-state index in [1.807, 2.05) is 31.2 Å². The molecule has 0 saturated heterocycles. The topological polar surface area (TPSA) is 75.7 Å². The van der Waals surface area contributed by atoms with Crippen LogP contribution in [0.5, 0.6) is 5.75 Å². The van der Waals surface area contributed by atoms with Gasteiger partial charge in [-0.1, -0.05) is 59.1 Å². The number of carbonyl (C=O) groups is 1. The lowest BCUT2D eigenvalue weighted by atomic mass is 10.1. The van der Waals surface area contributed by atoms with E-state index in [0.29, 0.717) is 5.69 Å². The van der Waals surface area contributed by atoms with Crippen LogP contribution in [0.1, 0.15) is 24.5 Å². The quantitative estimate of drug-likeness (QED) is 0.340. The Hall–Kier alpha value is -2.84. The van der Waals surface area contributed by atoms with Crippen LogP contribution in [0, 0.1) is 6.92 Å². The molecule has 0 atom stereocenters. The van der Waals surface area contributed by atoms with E-state index in [4.69, 9.17) is 4.74 Å². The fraction of sp³-hybridized carbons (Fsp3) is 0.269. The van der Waals surface area contributed by atoms with E-state index < -0.39 is 15.9 Å². The highest BCUT2D eigenvalue weighted by Gasteiger charge is 2.27. The number of rotatable bonds is 11. The van der Waals surface area contributed by atoms with Gasteiger partial charge in [-0.15, -0.1) is 0 Å². The fourth-order valence-electron chi connectivity index (χ4n) is 3.35.